The van der Waals surface area contributed by atoms with Crippen molar-refractivity contribution in [3.8, 4) is 0 Å². The average molecular weight is 330 g/mol. The molecule has 0 bridgehead atoms. The van der Waals surface area contributed by atoms with E-state index >= 15 is 0 Å². The molecule has 5 nitrogen and oxygen atoms in total. The van der Waals surface area contributed by atoms with Crippen molar-refractivity contribution in [2.45, 2.75) is 45.8 Å². The number of amides is 1. The Hall–Kier alpha value is -1.86. The van der Waals surface area contributed by atoms with Gasteiger partial charge in [-0.2, -0.15) is 13.2 Å². The summed E-state index contributed by atoms with van der Waals surface area (Å²) in [5, 5.41) is 2.95. The largest absolute Gasteiger partial charge is 0.433 e. The van der Waals surface area contributed by atoms with E-state index in [1.54, 1.807) is 4.90 Å². The summed E-state index contributed by atoms with van der Waals surface area (Å²) in [4.78, 5) is 21.3. The van der Waals surface area contributed by atoms with E-state index in [1.165, 1.54) is 0 Å². The second kappa shape index (κ2) is 6.33. The molecule has 1 aliphatic heterocycles. The van der Waals surface area contributed by atoms with Gasteiger partial charge >= 0.3 is 6.18 Å². The van der Waals surface area contributed by atoms with Crippen LogP contribution in [0.1, 0.15) is 39.3 Å². The number of nitrogens with one attached hydrogen (secondary N) is 1. The molecule has 1 atom stereocenters. The molecule has 1 saturated heterocycles. The van der Waals surface area contributed by atoms with E-state index in [4.69, 9.17) is 0 Å². The zero-order valence-corrected chi connectivity index (χ0v) is 13.4. The van der Waals surface area contributed by atoms with Crippen LogP contribution in [0.15, 0.2) is 12.3 Å². The lowest BCUT2D eigenvalue weighted by molar-refractivity contribution is -0.141. The van der Waals surface area contributed by atoms with E-state index in [9.17, 15) is 18.0 Å². The summed E-state index contributed by atoms with van der Waals surface area (Å²) in [7, 11) is 0. The standard InChI is InChI=1S/C15H21F3N4O/c1-14(2,3)12(23)20-10-5-4-8-22(9-10)13-19-7-6-11(21-13)15(16,17)18/h6-7,10H,4-5,8-9H2,1-3H3,(H,20,23). The molecule has 0 aromatic carbocycles. The van der Waals surface area contributed by atoms with Gasteiger partial charge in [-0.05, 0) is 18.9 Å². The van der Waals surface area contributed by atoms with Gasteiger partial charge in [0.1, 0.15) is 5.69 Å². The van der Waals surface area contributed by atoms with Gasteiger partial charge in [0, 0.05) is 30.7 Å². The highest BCUT2D eigenvalue weighted by Crippen LogP contribution is 2.28. The van der Waals surface area contributed by atoms with Gasteiger partial charge in [0.2, 0.25) is 11.9 Å². The molecule has 0 saturated carbocycles. The first-order valence-electron chi connectivity index (χ1n) is 7.53. The third kappa shape index (κ3) is 4.56. The molecular formula is C15H21F3N4O. The molecule has 2 heterocycles. The average Bonchev–Trinajstić information content (AvgIpc) is 2.46. The highest BCUT2D eigenvalue weighted by molar-refractivity contribution is 5.81. The molecule has 1 N–H and O–H groups in total. The van der Waals surface area contributed by atoms with Crippen LogP contribution in [-0.4, -0.2) is 35.0 Å². The topological polar surface area (TPSA) is 58.1 Å². The minimum absolute atomic E-state index is 0.0505. The number of carbonyl (C=O) groups excluding carboxylic acids is 1. The van der Waals surface area contributed by atoms with Crippen molar-refractivity contribution in [3.05, 3.63) is 18.0 Å². The maximum atomic E-state index is 12.7. The summed E-state index contributed by atoms with van der Waals surface area (Å²) in [6.07, 6.45) is -1.83. The molecule has 8 heteroatoms. The number of rotatable bonds is 2. The van der Waals surface area contributed by atoms with Crippen LogP contribution in [0.25, 0.3) is 0 Å². The van der Waals surface area contributed by atoms with Gasteiger partial charge in [-0.25, -0.2) is 9.97 Å². The Morgan fingerprint density at radius 2 is 2.04 bits per heavy atom. The molecule has 1 aromatic heterocycles. The van der Waals surface area contributed by atoms with Gasteiger partial charge in [0.25, 0.3) is 0 Å². The molecule has 1 aliphatic rings. The van der Waals surface area contributed by atoms with Crippen LogP contribution in [0, 0.1) is 5.41 Å². The minimum Gasteiger partial charge on any atom is -0.351 e. The number of anilines is 1. The van der Waals surface area contributed by atoms with Crippen molar-refractivity contribution >= 4 is 11.9 Å². The molecule has 0 spiro atoms. The second-order valence-electron chi connectivity index (χ2n) is 6.75. The number of hydrogen-bond donors (Lipinski definition) is 1. The molecule has 1 fully saturated rings. The molecule has 23 heavy (non-hydrogen) atoms. The summed E-state index contributed by atoms with van der Waals surface area (Å²) in [5.74, 6) is -0.0242. The Labute approximate surface area is 133 Å². The van der Waals surface area contributed by atoms with Gasteiger partial charge in [-0.15, -0.1) is 0 Å². The molecule has 1 aromatic rings. The van der Waals surface area contributed by atoms with Crippen LogP contribution in [0.5, 0.6) is 0 Å². The van der Waals surface area contributed by atoms with Crippen molar-refractivity contribution in [3.63, 3.8) is 0 Å². The Morgan fingerprint density at radius 1 is 1.35 bits per heavy atom. The number of alkyl halides is 3. The first-order chi connectivity index (χ1) is 10.6. The Bertz CT molecular complexity index is 569. The highest BCUT2D eigenvalue weighted by atomic mass is 19.4. The lowest BCUT2D eigenvalue weighted by Crippen LogP contribution is -2.50. The first kappa shape index (κ1) is 17.5. The Balaban J connectivity index is 2.08. The van der Waals surface area contributed by atoms with Gasteiger partial charge in [0.05, 0.1) is 0 Å². The quantitative estimate of drug-likeness (QED) is 0.906. The summed E-state index contributed by atoms with van der Waals surface area (Å²) >= 11 is 0. The monoisotopic (exact) mass is 330 g/mol. The predicted molar refractivity (Wildman–Crippen MR) is 79.9 cm³/mol. The fourth-order valence-electron chi connectivity index (χ4n) is 2.34. The van der Waals surface area contributed by atoms with Gasteiger partial charge in [-0.3, -0.25) is 4.79 Å². The van der Waals surface area contributed by atoms with Crippen LogP contribution in [-0.2, 0) is 11.0 Å². The van der Waals surface area contributed by atoms with E-state index in [0.717, 1.165) is 25.1 Å². The van der Waals surface area contributed by atoms with E-state index in [1.807, 2.05) is 20.8 Å². The molecule has 2 rings (SSSR count). The van der Waals surface area contributed by atoms with E-state index in [0.29, 0.717) is 13.1 Å². The Kier molecular flexibility index (Phi) is 4.81. The molecule has 1 unspecified atom stereocenters. The van der Waals surface area contributed by atoms with Gasteiger partial charge < -0.3 is 10.2 Å². The highest BCUT2D eigenvalue weighted by Gasteiger charge is 2.34. The van der Waals surface area contributed by atoms with Crippen molar-refractivity contribution in [1.29, 1.82) is 0 Å². The van der Waals surface area contributed by atoms with Crippen LogP contribution in [0.2, 0.25) is 0 Å². The Morgan fingerprint density at radius 3 is 2.65 bits per heavy atom. The third-order valence-electron chi connectivity index (χ3n) is 3.65. The number of nitrogens with zero attached hydrogens (tertiary/aromatic N) is 3. The zero-order chi connectivity index (χ0) is 17.3. The van der Waals surface area contributed by atoms with E-state index in [2.05, 4.69) is 15.3 Å². The zero-order valence-electron chi connectivity index (χ0n) is 13.4. The van der Waals surface area contributed by atoms with Crippen LogP contribution < -0.4 is 10.2 Å². The first-order valence-corrected chi connectivity index (χ1v) is 7.53. The van der Waals surface area contributed by atoms with Gasteiger partial charge in [-0.1, -0.05) is 20.8 Å². The third-order valence-corrected chi connectivity index (χ3v) is 3.65. The number of piperidine rings is 1. The van der Waals surface area contributed by atoms with Crippen molar-refractivity contribution in [2.75, 3.05) is 18.0 Å². The maximum absolute atomic E-state index is 12.7. The van der Waals surface area contributed by atoms with Crippen LogP contribution in [0.3, 0.4) is 0 Å². The lowest BCUT2D eigenvalue weighted by atomic mass is 9.94. The summed E-state index contributed by atoms with van der Waals surface area (Å²) in [6.45, 7) is 6.43. The van der Waals surface area contributed by atoms with Crippen LogP contribution >= 0.6 is 0 Å². The van der Waals surface area contributed by atoms with E-state index in [-0.39, 0.29) is 17.9 Å². The summed E-state index contributed by atoms with van der Waals surface area (Å²) in [5.41, 5.74) is -1.46. The summed E-state index contributed by atoms with van der Waals surface area (Å²) < 4.78 is 38.2. The van der Waals surface area contributed by atoms with Gasteiger partial charge in [0.15, 0.2) is 0 Å². The SMILES string of the molecule is CC(C)(C)C(=O)NC1CCCN(c2nccc(C(F)(F)F)n2)C1. The number of halogens is 3. The second-order valence-corrected chi connectivity index (χ2v) is 6.75. The van der Waals surface area contributed by atoms with Crippen LogP contribution in [0.4, 0.5) is 19.1 Å². The molecule has 0 radical (unpaired) electrons. The van der Waals surface area contributed by atoms with Crippen molar-refractivity contribution < 1.29 is 18.0 Å². The molecule has 128 valence electrons. The minimum atomic E-state index is -4.49. The fraction of sp³-hybridized carbons (Fsp3) is 0.667. The molecular weight excluding hydrogens is 309 g/mol. The fourth-order valence-corrected chi connectivity index (χ4v) is 2.34. The maximum Gasteiger partial charge on any atom is 0.433 e. The van der Waals surface area contributed by atoms with E-state index < -0.39 is 17.3 Å². The number of hydrogen-bond acceptors (Lipinski definition) is 4. The number of aromatic nitrogens is 2. The predicted octanol–water partition coefficient (Wildman–Crippen LogP) is 2.63. The smallest absolute Gasteiger partial charge is 0.351 e. The van der Waals surface area contributed by atoms with Crippen molar-refractivity contribution in [2.24, 2.45) is 5.41 Å². The molecule has 1 amide bonds. The normalized spacial score (nSPS) is 19.6. The molecule has 0 aliphatic carbocycles. The summed E-state index contributed by atoms with van der Waals surface area (Å²) in [6, 6.07) is 0.736. The number of carbonyl (C=O) groups is 1. The lowest BCUT2D eigenvalue weighted by Gasteiger charge is -2.34. The van der Waals surface area contributed by atoms with Crippen molar-refractivity contribution in [1.82, 2.24) is 15.3 Å².